The summed E-state index contributed by atoms with van der Waals surface area (Å²) >= 11 is 0. The SMILES string of the molecule is CC[Si](CC)(CC)C1=C2CO[C@@]3(O)CCC[C@@H](C=C1)[C@@H]23. The molecule has 1 heterocycles. The van der Waals surface area contributed by atoms with Crippen LogP contribution >= 0.6 is 0 Å². The molecule has 3 heteroatoms. The molecule has 2 nitrogen and oxygen atoms in total. The van der Waals surface area contributed by atoms with Gasteiger partial charge in [0.25, 0.3) is 0 Å². The summed E-state index contributed by atoms with van der Waals surface area (Å²) in [6.07, 6.45) is 7.94. The maximum Gasteiger partial charge on any atom is 0.173 e. The van der Waals surface area contributed by atoms with Crippen LogP contribution in [0.5, 0.6) is 0 Å². The zero-order chi connectivity index (χ0) is 14.4. The van der Waals surface area contributed by atoms with Crippen molar-refractivity contribution in [3.63, 3.8) is 0 Å². The Morgan fingerprint density at radius 1 is 1.30 bits per heavy atom. The van der Waals surface area contributed by atoms with Crippen molar-refractivity contribution in [1.29, 1.82) is 0 Å². The van der Waals surface area contributed by atoms with Gasteiger partial charge in [0.1, 0.15) is 0 Å². The summed E-state index contributed by atoms with van der Waals surface area (Å²) in [7, 11) is -1.38. The Kier molecular flexibility index (Phi) is 3.72. The Morgan fingerprint density at radius 3 is 2.65 bits per heavy atom. The third-order valence-corrected chi connectivity index (χ3v) is 12.0. The average molecular weight is 292 g/mol. The molecule has 0 aromatic heterocycles. The first-order valence-electron chi connectivity index (χ1n) is 8.38. The molecule has 3 atom stereocenters. The number of hydrogen-bond acceptors (Lipinski definition) is 2. The van der Waals surface area contributed by atoms with Gasteiger partial charge < -0.3 is 9.84 Å². The Bertz CT molecular complexity index is 442. The molecular formula is C17H28O2Si. The van der Waals surface area contributed by atoms with Crippen LogP contribution in [0.1, 0.15) is 40.0 Å². The van der Waals surface area contributed by atoms with Crippen molar-refractivity contribution in [3.05, 3.63) is 22.9 Å². The first kappa shape index (κ1) is 14.5. The predicted molar refractivity (Wildman–Crippen MR) is 85.1 cm³/mol. The Morgan fingerprint density at radius 2 is 2.00 bits per heavy atom. The van der Waals surface area contributed by atoms with Crippen molar-refractivity contribution < 1.29 is 9.84 Å². The first-order chi connectivity index (χ1) is 9.60. The minimum absolute atomic E-state index is 0.257. The van der Waals surface area contributed by atoms with Gasteiger partial charge in [0.05, 0.1) is 14.7 Å². The van der Waals surface area contributed by atoms with E-state index < -0.39 is 13.9 Å². The van der Waals surface area contributed by atoms with Gasteiger partial charge in [-0.15, -0.1) is 0 Å². The van der Waals surface area contributed by atoms with Gasteiger partial charge >= 0.3 is 0 Å². The highest BCUT2D eigenvalue weighted by Gasteiger charge is 2.54. The van der Waals surface area contributed by atoms with Crippen LogP contribution < -0.4 is 0 Å². The van der Waals surface area contributed by atoms with Gasteiger partial charge in [-0.05, 0) is 24.3 Å². The van der Waals surface area contributed by atoms with E-state index in [1.165, 1.54) is 30.1 Å². The Labute approximate surface area is 123 Å². The summed E-state index contributed by atoms with van der Waals surface area (Å²) in [5.74, 6) is -0.0936. The summed E-state index contributed by atoms with van der Waals surface area (Å²) in [4.78, 5) is 0. The minimum Gasteiger partial charge on any atom is -0.365 e. The lowest BCUT2D eigenvalue weighted by atomic mass is 9.71. The molecule has 3 rings (SSSR count). The lowest BCUT2D eigenvalue weighted by molar-refractivity contribution is -0.215. The summed E-state index contributed by atoms with van der Waals surface area (Å²) in [6.45, 7) is 7.74. The lowest BCUT2D eigenvalue weighted by Gasteiger charge is -2.42. The van der Waals surface area contributed by atoms with Crippen molar-refractivity contribution in [3.8, 4) is 0 Å². The van der Waals surface area contributed by atoms with Crippen LogP contribution in [0, 0.1) is 11.8 Å². The highest BCUT2D eigenvalue weighted by atomic mass is 28.3. The second-order valence-corrected chi connectivity index (χ2v) is 12.0. The summed E-state index contributed by atoms with van der Waals surface area (Å²) in [5.41, 5.74) is 1.47. The molecule has 0 unspecified atom stereocenters. The van der Waals surface area contributed by atoms with Crippen molar-refractivity contribution >= 4 is 8.07 Å². The molecule has 2 aliphatic carbocycles. The largest absolute Gasteiger partial charge is 0.365 e. The Hall–Kier alpha value is -0.383. The van der Waals surface area contributed by atoms with Crippen molar-refractivity contribution in [2.24, 2.45) is 11.8 Å². The Balaban J connectivity index is 2.07. The van der Waals surface area contributed by atoms with E-state index in [9.17, 15) is 5.11 Å². The van der Waals surface area contributed by atoms with Crippen LogP contribution in [0.25, 0.3) is 0 Å². The molecular weight excluding hydrogens is 264 g/mol. The second kappa shape index (κ2) is 5.11. The number of ether oxygens (including phenoxy) is 1. The zero-order valence-electron chi connectivity index (χ0n) is 13.1. The molecule has 1 saturated carbocycles. The predicted octanol–water partition coefficient (Wildman–Crippen LogP) is 4.04. The molecule has 112 valence electrons. The van der Waals surface area contributed by atoms with Gasteiger partial charge in [0.2, 0.25) is 0 Å². The van der Waals surface area contributed by atoms with E-state index in [0.717, 1.165) is 12.8 Å². The van der Waals surface area contributed by atoms with Crippen LogP contribution in [0.15, 0.2) is 22.9 Å². The van der Waals surface area contributed by atoms with E-state index in [2.05, 4.69) is 32.9 Å². The summed E-state index contributed by atoms with van der Waals surface area (Å²) in [6, 6.07) is 3.91. The number of rotatable bonds is 4. The molecule has 0 bridgehead atoms. The molecule has 0 amide bonds. The number of allylic oxidation sites excluding steroid dienone is 3. The third-order valence-electron chi connectivity index (χ3n) is 6.30. The maximum atomic E-state index is 10.8. The normalized spacial score (nSPS) is 36.4. The topological polar surface area (TPSA) is 29.5 Å². The zero-order valence-corrected chi connectivity index (χ0v) is 14.1. The maximum absolute atomic E-state index is 10.8. The van der Waals surface area contributed by atoms with Crippen LogP contribution in [0.4, 0.5) is 0 Å². The van der Waals surface area contributed by atoms with Crippen molar-refractivity contribution in [1.82, 2.24) is 0 Å². The monoisotopic (exact) mass is 292 g/mol. The molecule has 1 saturated heterocycles. The fourth-order valence-corrected chi connectivity index (χ4v) is 8.85. The molecule has 20 heavy (non-hydrogen) atoms. The second-order valence-electron chi connectivity index (χ2n) is 6.81. The third kappa shape index (κ3) is 1.90. The molecule has 1 aliphatic heterocycles. The van der Waals surface area contributed by atoms with E-state index in [-0.39, 0.29) is 5.92 Å². The fourth-order valence-electron chi connectivity index (χ4n) is 4.85. The highest BCUT2D eigenvalue weighted by molar-refractivity contribution is 6.87. The van der Waals surface area contributed by atoms with Crippen LogP contribution in [-0.2, 0) is 4.74 Å². The van der Waals surface area contributed by atoms with Crippen LogP contribution in [0.2, 0.25) is 18.1 Å². The molecule has 2 fully saturated rings. The number of hydrogen-bond donors (Lipinski definition) is 1. The number of aliphatic hydroxyl groups is 1. The van der Waals surface area contributed by atoms with Gasteiger partial charge in [-0.25, -0.2) is 0 Å². The van der Waals surface area contributed by atoms with E-state index in [4.69, 9.17) is 4.74 Å². The van der Waals surface area contributed by atoms with Gasteiger partial charge in [-0.1, -0.05) is 56.3 Å². The first-order valence-corrected chi connectivity index (χ1v) is 11.0. The van der Waals surface area contributed by atoms with Gasteiger partial charge in [0, 0.05) is 12.3 Å². The fraction of sp³-hybridized carbons (Fsp3) is 0.765. The lowest BCUT2D eigenvalue weighted by Crippen LogP contribution is -2.45. The molecule has 0 radical (unpaired) electrons. The van der Waals surface area contributed by atoms with Gasteiger partial charge in [0.15, 0.2) is 5.79 Å². The van der Waals surface area contributed by atoms with E-state index in [0.29, 0.717) is 12.5 Å². The quantitative estimate of drug-likeness (QED) is 0.793. The molecule has 0 aromatic rings. The minimum atomic E-state index is -1.38. The summed E-state index contributed by atoms with van der Waals surface area (Å²) < 4.78 is 5.90. The molecule has 1 N–H and O–H groups in total. The van der Waals surface area contributed by atoms with Crippen molar-refractivity contribution in [2.45, 2.75) is 64.0 Å². The molecule has 3 aliphatic rings. The van der Waals surface area contributed by atoms with E-state index >= 15 is 0 Å². The average Bonchev–Trinajstić information content (AvgIpc) is 2.83. The van der Waals surface area contributed by atoms with Crippen molar-refractivity contribution in [2.75, 3.05) is 6.61 Å². The molecule has 0 spiro atoms. The van der Waals surface area contributed by atoms with E-state index in [1.54, 1.807) is 5.20 Å². The van der Waals surface area contributed by atoms with Gasteiger partial charge in [-0.2, -0.15) is 0 Å². The van der Waals surface area contributed by atoms with E-state index in [1.807, 2.05) is 0 Å². The van der Waals surface area contributed by atoms with Gasteiger partial charge in [-0.3, -0.25) is 0 Å². The standard InChI is InChI=1S/C17H28O2Si/c1-4-20(5-2,6-3)15-10-9-13-8-7-11-17(18)16(13)14(15)12-19-17/h9-10,13,16,18H,4-8,11-12H2,1-3H3/t13-,16-,17-/m0/s1. The van der Waals surface area contributed by atoms with Crippen LogP contribution in [-0.4, -0.2) is 25.6 Å². The highest BCUT2D eigenvalue weighted by Crippen LogP contribution is 2.52. The van der Waals surface area contributed by atoms with Crippen LogP contribution in [0.3, 0.4) is 0 Å². The molecule has 0 aromatic carbocycles. The smallest absolute Gasteiger partial charge is 0.173 e. The summed E-state index contributed by atoms with van der Waals surface area (Å²) in [5, 5.41) is 12.5.